The maximum atomic E-state index is 12.5. The van der Waals surface area contributed by atoms with Gasteiger partial charge in [0.25, 0.3) is 0 Å². The van der Waals surface area contributed by atoms with Gasteiger partial charge < -0.3 is 10.5 Å². The van der Waals surface area contributed by atoms with Crippen LogP contribution in [0.5, 0.6) is 0 Å². The summed E-state index contributed by atoms with van der Waals surface area (Å²) in [4.78, 5) is 12.5. The lowest BCUT2D eigenvalue weighted by molar-refractivity contribution is 0.103. The number of ether oxygens (including phenoxy) is 1. The number of ketones is 1. The molecule has 1 heterocycles. The Kier molecular flexibility index (Phi) is 2.84. The van der Waals surface area contributed by atoms with Crippen LogP contribution in [0.4, 0.5) is 5.69 Å². The second-order valence-corrected chi connectivity index (χ2v) is 4.88. The van der Waals surface area contributed by atoms with Crippen LogP contribution in [0.15, 0.2) is 36.4 Å². The summed E-state index contributed by atoms with van der Waals surface area (Å²) < 4.78 is 5.37. The number of hydrogen-bond donors (Lipinski definition) is 1. The maximum Gasteiger partial charge on any atom is 0.193 e. The van der Waals surface area contributed by atoms with Gasteiger partial charge in [0.15, 0.2) is 5.78 Å². The molecule has 0 spiro atoms. The molecule has 1 aliphatic heterocycles. The first-order chi connectivity index (χ1) is 9.15. The first-order valence-corrected chi connectivity index (χ1v) is 6.25. The van der Waals surface area contributed by atoms with Gasteiger partial charge in [0.05, 0.1) is 13.2 Å². The van der Waals surface area contributed by atoms with E-state index in [1.165, 1.54) is 5.56 Å². The Morgan fingerprint density at radius 3 is 2.74 bits per heavy atom. The summed E-state index contributed by atoms with van der Waals surface area (Å²) in [5.74, 6) is 0.0134. The molecule has 0 unspecified atom stereocenters. The Hall–Kier alpha value is -2.13. The first kappa shape index (κ1) is 11.9. The minimum atomic E-state index is 0.0134. The predicted molar refractivity (Wildman–Crippen MR) is 74.0 cm³/mol. The molecule has 19 heavy (non-hydrogen) atoms. The van der Waals surface area contributed by atoms with Crippen LogP contribution in [-0.2, 0) is 18.0 Å². The van der Waals surface area contributed by atoms with Crippen LogP contribution in [0.25, 0.3) is 0 Å². The average Bonchev–Trinajstić information content (AvgIpc) is 2.88. The molecule has 3 rings (SSSR count). The second-order valence-electron chi connectivity index (χ2n) is 4.88. The molecule has 2 N–H and O–H groups in total. The predicted octanol–water partition coefficient (Wildman–Crippen LogP) is 2.84. The largest absolute Gasteiger partial charge is 0.399 e. The number of nitrogens with two attached hydrogens (primary N) is 1. The number of rotatable bonds is 2. The summed E-state index contributed by atoms with van der Waals surface area (Å²) in [5.41, 5.74) is 10.9. The normalized spacial score (nSPS) is 13.3. The van der Waals surface area contributed by atoms with E-state index in [-0.39, 0.29) is 5.78 Å². The second kappa shape index (κ2) is 4.52. The van der Waals surface area contributed by atoms with Gasteiger partial charge in [-0.05, 0) is 41.8 Å². The van der Waals surface area contributed by atoms with Crippen molar-refractivity contribution < 1.29 is 9.53 Å². The van der Waals surface area contributed by atoms with Crippen molar-refractivity contribution in [2.75, 3.05) is 5.73 Å². The van der Waals surface area contributed by atoms with E-state index in [9.17, 15) is 4.79 Å². The molecule has 2 aromatic rings. The van der Waals surface area contributed by atoms with Gasteiger partial charge in [-0.3, -0.25) is 4.79 Å². The molecular weight excluding hydrogens is 238 g/mol. The summed E-state index contributed by atoms with van der Waals surface area (Å²) >= 11 is 0. The molecule has 0 radical (unpaired) electrons. The van der Waals surface area contributed by atoms with Crippen LogP contribution >= 0.6 is 0 Å². The number of fused-ring (bicyclic) bond motifs is 1. The lowest BCUT2D eigenvalue weighted by atomic mass is 9.96. The monoisotopic (exact) mass is 253 g/mol. The van der Waals surface area contributed by atoms with Gasteiger partial charge in [-0.1, -0.05) is 18.2 Å². The average molecular weight is 253 g/mol. The number of hydrogen-bond acceptors (Lipinski definition) is 3. The molecule has 0 amide bonds. The number of carbonyl (C=O) groups excluding carboxylic acids is 1. The van der Waals surface area contributed by atoms with Gasteiger partial charge in [-0.15, -0.1) is 0 Å². The summed E-state index contributed by atoms with van der Waals surface area (Å²) in [6.07, 6.45) is 0. The fourth-order valence-electron chi connectivity index (χ4n) is 2.35. The Bertz CT molecular complexity index is 662. The molecule has 3 heteroatoms. The van der Waals surface area contributed by atoms with Gasteiger partial charge in [0.2, 0.25) is 0 Å². The van der Waals surface area contributed by atoms with Crippen LogP contribution in [0.1, 0.15) is 32.6 Å². The molecule has 1 aliphatic rings. The Balaban J connectivity index is 2.02. The van der Waals surface area contributed by atoms with Crippen molar-refractivity contribution in [2.45, 2.75) is 20.1 Å². The van der Waals surface area contributed by atoms with Crippen molar-refractivity contribution in [3.05, 3.63) is 64.2 Å². The molecule has 2 aromatic carbocycles. The van der Waals surface area contributed by atoms with Gasteiger partial charge in [0.1, 0.15) is 0 Å². The first-order valence-electron chi connectivity index (χ1n) is 6.25. The molecule has 0 atom stereocenters. The molecule has 0 bridgehead atoms. The zero-order chi connectivity index (χ0) is 13.4. The van der Waals surface area contributed by atoms with E-state index in [1.54, 1.807) is 6.07 Å². The van der Waals surface area contributed by atoms with Crippen molar-refractivity contribution in [3.63, 3.8) is 0 Å². The number of benzene rings is 2. The zero-order valence-corrected chi connectivity index (χ0v) is 10.8. The number of nitrogen functional groups attached to an aromatic ring is 1. The van der Waals surface area contributed by atoms with Crippen LogP contribution in [-0.4, -0.2) is 5.78 Å². The quantitative estimate of drug-likeness (QED) is 0.661. The van der Waals surface area contributed by atoms with E-state index >= 15 is 0 Å². The highest BCUT2D eigenvalue weighted by atomic mass is 16.5. The standard InChI is InChI=1S/C16H15NO2/c1-10-2-5-14(17)7-15(10)16(18)11-3-4-12-8-19-9-13(12)6-11/h2-7H,8-9,17H2,1H3. The molecule has 3 nitrogen and oxygen atoms in total. The molecular formula is C16H15NO2. The van der Waals surface area contributed by atoms with Gasteiger partial charge >= 0.3 is 0 Å². The fourth-order valence-corrected chi connectivity index (χ4v) is 2.35. The van der Waals surface area contributed by atoms with E-state index in [0.29, 0.717) is 30.0 Å². The molecule has 0 aliphatic carbocycles. The van der Waals surface area contributed by atoms with Crippen LogP contribution < -0.4 is 5.73 Å². The smallest absolute Gasteiger partial charge is 0.193 e. The van der Waals surface area contributed by atoms with E-state index in [2.05, 4.69) is 0 Å². The van der Waals surface area contributed by atoms with Gasteiger partial charge in [0, 0.05) is 16.8 Å². The summed E-state index contributed by atoms with van der Waals surface area (Å²) in [6.45, 7) is 3.15. The van der Waals surface area contributed by atoms with E-state index in [0.717, 1.165) is 11.1 Å². The topological polar surface area (TPSA) is 52.3 Å². The van der Waals surface area contributed by atoms with Crippen molar-refractivity contribution in [1.82, 2.24) is 0 Å². The summed E-state index contributed by atoms with van der Waals surface area (Å²) in [6, 6.07) is 11.2. The third kappa shape index (κ3) is 2.13. The molecule has 0 fully saturated rings. The van der Waals surface area contributed by atoms with Crippen LogP contribution in [0, 0.1) is 6.92 Å². The third-order valence-corrected chi connectivity index (χ3v) is 3.49. The molecule has 0 aromatic heterocycles. The minimum Gasteiger partial charge on any atom is -0.399 e. The minimum absolute atomic E-state index is 0.0134. The van der Waals surface area contributed by atoms with Crippen molar-refractivity contribution in [2.24, 2.45) is 0 Å². The fraction of sp³-hybridized carbons (Fsp3) is 0.188. The summed E-state index contributed by atoms with van der Waals surface area (Å²) in [5, 5.41) is 0. The molecule has 96 valence electrons. The maximum absolute atomic E-state index is 12.5. The van der Waals surface area contributed by atoms with E-state index < -0.39 is 0 Å². The SMILES string of the molecule is Cc1ccc(N)cc1C(=O)c1ccc2c(c1)COC2. The highest BCUT2D eigenvalue weighted by Crippen LogP contribution is 2.23. The van der Waals surface area contributed by atoms with Gasteiger partial charge in [-0.25, -0.2) is 0 Å². The number of anilines is 1. The Morgan fingerprint density at radius 1 is 1.11 bits per heavy atom. The molecule has 0 saturated carbocycles. The summed E-state index contributed by atoms with van der Waals surface area (Å²) in [7, 11) is 0. The van der Waals surface area contributed by atoms with Crippen molar-refractivity contribution in [3.8, 4) is 0 Å². The molecule has 0 saturated heterocycles. The van der Waals surface area contributed by atoms with Crippen LogP contribution in [0.3, 0.4) is 0 Å². The van der Waals surface area contributed by atoms with Crippen molar-refractivity contribution >= 4 is 11.5 Å². The Labute approximate surface area is 112 Å². The number of carbonyl (C=O) groups is 1. The third-order valence-electron chi connectivity index (χ3n) is 3.49. The van der Waals surface area contributed by atoms with E-state index in [1.807, 2.05) is 37.3 Å². The van der Waals surface area contributed by atoms with Gasteiger partial charge in [-0.2, -0.15) is 0 Å². The van der Waals surface area contributed by atoms with Crippen molar-refractivity contribution in [1.29, 1.82) is 0 Å². The highest BCUT2D eigenvalue weighted by molar-refractivity contribution is 6.10. The highest BCUT2D eigenvalue weighted by Gasteiger charge is 2.16. The zero-order valence-electron chi connectivity index (χ0n) is 10.8. The lowest BCUT2D eigenvalue weighted by Gasteiger charge is -2.07. The lowest BCUT2D eigenvalue weighted by Crippen LogP contribution is -2.05. The van der Waals surface area contributed by atoms with E-state index in [4.69, 9.17) is 10.5 Å². The number of aryl methyl sites for hydroxylation is 1. The van der Waals surface area contributed by atoms with Crippen LogP contribution in [0.2, 0.25) is 0 Å². The Morgan fingerprint density at radius 2 is 1.89 bits per heavy atom.